The second-order valence-electron chi connectivity index (χ2n) is 5.12. The van der Waals surface area contributed by atoms with Crippen LogP contribution in [0.15, 0.2) is 40.9 Å². The SMILES string of the molecule is CNC(Cc1cc(C)ccc1C)c1cccc(Br)c1Cl. The molecule has 0 spiro atoms. The topological polar surface area (TPSA) is 12.0 Å². The number of aryl methyl sites for hydroxylation is 2. The molecule has 0 heterocycles. The maximum Gasteiger partial charge on any atom is 0.0595 e. The van der Waals surface area contributed by atoms with E-state index in [0.717, 1.165) is 21.5 Å². The minimum atomic E-state index is 0.209. The Morgan fingerprint density at radius 2 is 1.95 bits per heavy atom. The van der Waals surface area contributed by atoms with Crippen LogP contribution in [0, 0.1) is 13.8 Å². The molecule has 1 atom stereocenters. The summed E-state index contributed by atoms with van der Waals surface area (Å²) in [4.78, 5) is 0. The summed E-state index contributed by atoms with van der Waals surface area (Å²) < 4.78 is 0.942. The summed E-state index contributed by atoms with van der Waals surface area (Å²) >= 11 is 9.91. The van der Waals surface area contributed by atoms with Gasteiger partial charge in [0, 0.05) is 10.5 Å². The van der Waals surface area contributed by atoms with E-state index in [0.29, 0.717) is 0 Å². The van der Waals surface area contributed by atoms with Crippen molar-refractivity contribution in [2.24, 2.45) is 0 Å². The van der Waals surface area contributed by atoms with Crippen LogP contribution in [0.4, 0.5) is 0 Å². The average Bonchev–Trinajstić information content (AvgIpc) is 2.43. The molecule has 0 aliphatic carbocycles. The van der Waals surface area contributed by atoms with Gasteiger partial charge in [-0.15, -0.1) is 0 Å². The van der Waals surface area contributed by atoms with E-state index in [1.807, 2.05) is 19.2 Å². The molecule has 2 aromatic carbocycles. The van der Waals surface area contributed by atoms with E-state index >= 15 is 0 Å². The number of hydrogen-bond acceptors (Lipinski definition) is 1. The summed E-state index contributed by atoms with van der Waals surface area (Å²) in [5, 5.41) is 4.17. The Bertz CT molecular complexity index is 610. The molecule has 0 aliphatic rings. The maximum absolute atomic E-state index is 6.42. The molecule has 0 radical (unpaired) electrons. The van der Waals surface area contributed by atoms with Gasteiger partial charge in [-0.3, -0.25) is 0 Å². The summed E-state index contributed by atoms with van der Waals surface area (Å²) in [5.41, 5.74) is 5.10. The molecule has 0 saturated carbocycles. The lowest BCUT2D eigenvalue weighted by molar-refractivity contribution is 0.590. The van der Waals surface area contributed by atoms with Crippen LogP contribution in [-0.2, 0) is 6.42 Å². The Labute approximate surface area is 134 Å². The number of rotatable bonds is 4. The highest BCUT2D eigenvalue weighted by molar-refractivity contribution is 9.10. The second kappa shape index (κ2) is 6.75. The van der Waals surface area contributed by atoms with Gasteiger partial charge in [-0.25, -0.2) is 0 Å². The number of hydrogen-bond donors (Lipinski definition) is 1. The lowest BCUT2D eigenvalue weighted by atomic mass is 9.95. The minimum Gasteiger partial charge on any atom is -0.313 e. The van der Waals surface area contributed by atoms with Gasteiger partial charge in [0.15, 0.2) is 0 Å². The lowest BCUT2D eigenvalue weighted by Crippen LogP contribution is -2.19. The van der Waals surface area contributed by atoms with Crippen LogP contribution in [-0.4, -0.2) is 7.05 Å². The van der Waals surface area contributed by atoms with Gasteiger partial charge < -0.3 is 5.32 Å². The van der Waals surface area contributed by atoms with Crippen molar-refractivity contribution in [3.63, 3.8) is 0 Å². The minimum absolute atomic E-state index is 0.209. The van der Waals surface area contributed by atoms with Gasteiger partial charge in [-0.05, 0) is 66.0 Å². The van der Waals surface area contributed by atoms with Crippen LogP contribution in [0.5, 0.6) is 0 Å². The lowest BCUT2D eigenvalue weighted by Gasteiger charge is -2.20. The fourth-order valence-electron chi connectivity index (χ4n) is 2.40. The van der Waals surface area contributed by atoms with Gasteiger partial charge >= 0.3 is 0 Å². The van der Waals surface area contributed by atoms with E-state index in [1.54, 1.807) is 0 Å². The summed E-state index contributed by atoms with van der Waals surface area (Å²) in [6.07, 6.45) is 0.931. The van der Waals surface area contributed by atoms with Crippen molar-refractivity contribution >= 4 is 27.5 Å². The molecule has 0 bridgehead atoms. The van der Waals surface area contributed by atoms with E-state index in [2.05, 4.69) is 59.4 Å². The number of likely N-dealkylation sites (N-methyl/N-ethyl adjacent to an activating group) is 1. The van der Waals surface area contributed by atoms with Crippen molar-refractivity contribution in [3.8, 4) is 0 Å². The van der Waals surface area contributed by atoms with Gasteiger partial charge in [0.05, 0.1) is 5.02 Å². The third-order valence-electron chi connectivity index (χ3n) is 3.63. The van der Waals surface area contributed by atoms with Gasteiger partial charge in [0.25, 0.3) is 0 Å². The third kappa shape index (κ3) is 3.43. The molecule has 2 aromatic rings. The predicted molar refractivity (Wildman–Crippen MR) is 90.6 cm³/mol. The molecule has 106 valence electrons. The molecule has 3 heteroatoms. The van der Waals surface area contributed by atoms with E-state index in [-0.39, 0.29) is 6.04 Å². The van der Waals surface area contributed by atoms with Crippen LogP contribution < -0.4 is 5.32 Å². The van der Waals surface area contributed by atoms with Gasteiger partial charge in [-0.1, -0.05) is 47.5 Å². The van der Waals surface area contributed by atoms with E-state index < -0.39 is 0 Å². The number of nitrogens with one attached hydrogen (secondary N) is 1. The molecule has 2 rings (SSSR count). The predicted octanol–water partition coefficient (Wildman–Crippen LogP) is 5.22. The Morgan fingerprint density at radius 3 is 2.65 bits per heavy atom. The molecule has 1 nitrogen and oxygen atoms in total. The van der Waals surface area contributed by atoms with Gasteiger partial charge in [0.2, 0.25) is 0 Å². The molecule has 0 amide bonds. The quantitative estimate of drug-likeness (QED) is 0.795. The second-order valence-corrected chi connectivity index (χ2v) is 6.35. The third-order valence-corrected chi connectivity index (χ3v) is 4.94. The first kappa shape index (κ1) is 15.6. The number of halogens is 2. The van der Waals surface area contributed by atoms with E-state index in [1.165, 1.54) is 16.7 Å². The molecular formula is C17H19BrClN. The van der Waals surface area contributed by atoms with Gasteiger partial charge in [0.1, 0.15) is 0 Å². The monoisotopic (exact) mass is 351 g/mol. The van der Waals surface area contributed by atoms with Crippen LogP contribution >= 0.6 is 27.5 Å². The van der Waals surface area contributed by atoms with Crippen molar-refractivity contribution in [2.75, 3.05) is 7.05 Å². The molecule has 1 unspecified atom stereocenters. The van der Waals surface area contributed by atoms with Crippen molar-refractivity contribution in [2.45, 2.75) is 26.3 Å². The van der Waals surface area contributed by atoms with E-state index in [4.69, 9.17) is 11.6 Å². The zero-order valence-electron chi connectivity index (χ0n) is 12.0. The Balaban J connectivity index is 2.34. The van der Waals surface area contributed by atoms with E-state index in [9.17, 15) is 0 Å². The molecule has 20 heavy (non-hydrogen) atoms. The summed E-state index contributed by atoms with van der Waals surface area (Å²) in [5.74, 6) is 0. The van der Waals surface area contributed by atoms with Crippen LogP contribution in [0.25, 0.3) is 0 Å². The first-order chi connectivity index (χ1) is 9.52. The van der Waals surface area contributed by atoms with Crippen molar-refractivity contribution in [3.05, 3.63) is 68.1 Å². The highest BCUT2D eigenvalue weighted by atomic mass is 79.9. The largest absolute Gasteiger partial charge is 0.313 e. The van der Waals surface area contributed by atoms with Gasteiger partial charge in [-0.2, -0.15) is 0 Å². The Kier molecular flexibility index (Phi) is 5.25. The molecule has 0 saturated heterocycles. The fourth-order valence-corrected chi connectivity index (χ4v) is 3.04. The smallest absolute Gasteiger partial charge is 0.0595 e. The maximum atomic E-state index is 6.42. The van der Waals surface area contributed by atoms with Crippen molar-refractivity contribution < 1.29 is 0 Å². The highest BCUT2D eigenvalue weighted by Crippen LogP contribution is 2.32. The Hall–Kier alpha value is -0.830. The summed E-state index contributed by atoms with van der Waals surface area (Å²) in [6, 6.07) is 12.9. The Morgan fingerprint density at radius 1 is 1.20 bits per heavy atom. The molecule has 0 aliphatic heterocycles. The molecule has 0 aromatic heterocycles. The number of benzene rings is 2. The fraction of sp³-hybridized carbons (Fsp3) is 0.294. The first-order valence-corrected chi connectivity index (χ1v) is 7.87. The van der Waals surface area contributed by atoms with Crippen LogP contribution in [0.3, 0.4) is 0 Å². The van der Waals surface area contributed by atoms with Crippen LogP contribution in [0.2, 0.25) is 5.02 Å². The molecule has 0 fully saturated rings. The van der Waals surface area contributed by atoms with Crippen LogP contribution in [0.1, 0.15) is 28.3 Å². The van der Waals surface area contributed by atoms with Crippen molar-refractivity contribution in [1.82, 2.24) is 5.32 Å². The summed E-state index contributed by atoms with van der Waals surface area (Å²) in [6.45, 7) is 4.29. The highest BCUT2D eigenvalue weighted by Gasteiger charge is 2.16. The average molecular weight is 353 g/mol. The van der Waals surface area contributed by atoms with Crippen molar-refractivity contribution in [1.29, 1.82) is 0 Å². The standard InChI is InChI=1S/C17H19BrClN/c1-11-7-8-12(2)13(9-11)10-16(20-3)14-5-4-6-15(18)17(14)19/h4-9,16,20H,10H2,1-3H3. The molecule has 1 N–H and O–H groups in total. The first-order valence-electron chi connectivity index (χ1n) is 6.70. The normalized spacial score (nSPS) is 12.4. The zero-order valence-corrected chi connectivity index (χ0v) is 14.3. The zero-order chi connectivity index (χ0) is 14.7. The molecular weight excluding hydrogens is 334 g/mol. The summed E-state index contributed by atoms with van der Waals surface area (Å²) in [7, 11) is 1.98.